The topological polar surface area (TPSA) is 105 Å². The molecule has 0 heterocycles. The van der Waals surface area contributed by atoms with Gasteiger partial charge in [-0.2, -0.15) is 0 Å². The summed E-state index contributed by atoms with van der Waals surface area (Å²) in [6.07, 6.45) is 1.97. The van der Waals surface area contributed by atoms with Crippen molar-refractivity contribution in [3.05, 3.63) is 71.8 Å². The normalized spacial score (nSPS) is 10.3. The monoisotopic (exact) mass is 412 g/mol. The first-order valence-electron chi connectivity index (χ1n) is 8.99. The number of para-hydroxylation sites is 1. The Labute approximate surface area is 173 Å². The molecule has 0 aromatic heterocycles. The van der Waals surface area contributed by atoms with Crippen LogP contribution in [-0.2, 0) is 30.5 Å². The Hall–Kier alpha value is -3.94. The minimum absolute atomic E-state index is 0.0322. The third kappa shape index (κ3) is 7.23. The molecule has 2 aromatic carbocycles. The van der Waals surface area contributed by atoms with Gasteiger partial charge in [0.05, 0.1) is 6.61 Å². The van der Waals surface area contributed by atoms with Crippen LogP contribution >= 0.6 is 0 Å². The van der Waals surface area contributed by atoms with Gasteiger partial charge in [0.25, 0.3) is 0 Å². The third-order valence-electron chi connectivity index (χ3n) is 3.52. The highest BCUT2D eigenvalue weighted by Gasteiger charge is 2.16. The van der Waals surface area contributed by atoms with Crippen molar-refractivity contribution in [2.75, 3.05) is 6.61 Å². The fourth-order valence-corrected chi connectivity index (χ4v) is 2.22. The Morgan fingerprint density at radius 1 is 0.833 bits per heavy atom. The van der Waals surface area contributed by atoms with E-state index in [1.54, 1.807) is 31.2 Å². The average molecular weight is 412 g/mol. The lowest BCUT2D eigenvalue weighted by atomic mass is 10.2. The standard InChI is InChI=1S/C22H20O8/c1-3-27-20(24)12-13-21(25)28-14-16-8-10-17(11-9-16)30-22(26)18-6-4-5-7-19(18)29-15(2)23/h4-13H,3,14H2,1-2H3/b13-12+. The highest BCUT2D eigenvalue weighted by molar-refractivity contribution is 5.94. The van der Waals surface area contributed by atoms with Crippen LogP contribution < -0.4 is 9.47 Å². The number of benzene rings is 2. The van der Waals surface area contributed by atoms with E-state index in [4.69, 9.17) is 14.2 Å². The third-order valence-corrected chi connectivity index (χ3v) is 3.52. The van der Waals surface area contributed by atoms with Gasteiger partial charge in [-0.1, -0.05) is 24.3 Å². The summed E-state index contributed by atoms with van der Waals surface area (Å²) in [7, 11) is 0. The van der Waals surface area contributed by atoms with E-state index in [-0.39, 0.29) is 30.3 Å². The fraction of sp³-hybridized carbons (Fsp3) is 0.182. The second kappa shape index (κ2) is 11.2. The highest BCUT2D eigenvalue weighted by atomic mass is 16.6. The van der Waals surface area contributed by atoms with Gasteiger partial charge in [-0.15, -0.1) is 0 Å². The molecule has 8 nitrogen and oxygen atoms in total. The average Bonchev–Trinajstić information content (AvgIpc) is 2.72. The molecular weight excluding hydrogens is 392 g/mol. The number of esters is 4. The summed E-state index contributed by atoms with van der Waals surface area (Å²) >= 11 is 0. The van der Waals surface area contributed by atoms with Crippen molar-refractivity contribution in [3.8, 4) is 11.5 Å². The van der Waals surface area contributed by atoms with Gasteiger partial charge in [-0.3, -0.25) is 4.79 Å². The van der Waals surface area contributed by atoms with E-state index in [9.17, 15) is 19.2 Å². The van der Waals surface area contributed by atoms with Crippen molar-refractivity contribution in [1.82, 2.24) is 0 Å². The molecule has 30 heavy (non-hydrogen) atoms. The van der Waals surface area contributed by atoms with Gasteiger partial charge in [-0.25, -0.2) is 14.4 Å². The van der Waals surface area contributed by atoms with E-state index in [2.05, 4.69) is 4.74 Å². The van der Waals surface area contributed by atoms with Crippen molar-refractivity contribution in [2.45, 2.75) is 20.5 Å². The van der Waals surface area contributed by atoms with E-state index in [0.717, 1.165) is 12.2 Å². The Morgan fingerprint density at radius 2 is 1.47 bits per heavy atom. The molecule has 0 saturated carbocycles. The first-order valence-corrected chi connectivity index (χ1v) is 8.99. The zero-order valence-corrected chi connectivity index (χ0v) is 16.5. The molecule has 0 aliphatic heterocycles. The molecule has 0 atom stereocenters. The highest BCUT2D eigenvalue weighted by Crippen LogP contribution is 2.21. The molecule has 0 unspecified atom stereocenters. The molecule has 0 bridgehead atoms. The zero-order chi connectivity index (χ0) is 21.9. The second-order valence-corrected chi connectivity index (χ2v) is 5.82. The quantitative estimate of drug-likeness (QED) is 0.370. The number of carbonyl (C=O) groups excluding carboxylic acids is 4. The fourth-order valence-electron chi connectivity index (χ4n) is 2.22. The molecule has 0 radical (unpaired) electrons. The van der Waals surface area contributed by atoms with Crippen molar-refractivity contribution in [3.63, 3.8) is 0 Å². The van der Waals surface area contributed by atoms with Gasteiger partial charge in [0.1, 0.15) is 23.7 Å². The van der Waals surface area contributed by atoms with Crippen molar-refractivity contribution in [2.24, 2.45) is 0 Å². The summed E-state index contributed by atoms with van der Waals surface area (Å²) in [6, 6.07) is 12.5. The number of rotatable bonds is 8. The number of hydrogen-bond donors (Lipinski definition) is 0. The molecule has 2 rings (SSSR count). The van der Waals surface area contributed by atoms with Crippen LogP contribution in [0.15, 0.2) is 60.7 Å². The van der Waals surface area contributed by atoms with E-state index in [1.807, 2.05) is 0 Å². The van der Waals surface area contributed by atoms with Crippen LogP contribution in [0.25, 0.3) is 0 Å². The molecule has 0 amide bonds. The van der Waals surface area contributed by atoms with E-state index >= 15 is 0 Å². The first-order chi connectivity index (χ1) is 14.4. The lowest BCUT2D eigenvalue weighted by molar-refractivity contribution is -0.141. The molecule has 8 heteroatoms. The van der Waals surface area contributed by atoms with Crippen LogP contribution in [0.3, 0.4) is 0 Å². The number of ether oxygens (including phenoxy) is 4. The largest absolute Gasteiger partial charge is 0.463 e. The number of carbonyl (C=O) groups is 4. The maximum Gasteiger partial charge on any atom is 0.347 e. The van der Waals surface area contributed by atoms with Gasteiger partial charge in [0.2, 0.25) is 0 Å². The molecule has 0 aliphatic rings. The van der Waals surface area contributed by atoms with Gasteiger partial charge in [0, 0.05) is 19.1 Å². The Morgan fingerprint density at radius 3 is 2.10 bits per heavy atom. The van der Waals surface area contributed by atoms with E-state index in [0.29, 0.717) is 5.56 Å². The van der Waals surface area contributed by atoms with Gasteiger partial charge in [0.15, 0.2) is 0 Å². The van der Waals surface area contributed by atoms with E-state index < -0.39 is 23.9 Å². The lowest BCUT2D eigenvalue weighted by Gasteiger charge is -2.09. The molecular formula is C22H20O8. The van der Waals surface area contributed by atoms with Crippen LogP contribution in [0.5, 0.6) is 11.5 Å². The van der Waals surface area contributed by atoms with Gasteiger partial charge >= 0.3 is 23.9 Å². The maximum absolute atomic E-state index is 12.4. The van der Waals surface area contributed by atoms with Crippen molar-refractivity contribution in [1.29, 1.82) is 0 Å². The van der Waals surface area contributed by atoms with Gasteiger partial charge < -0.3 is 18.9 Å². The molecule has 2 aromatic rings. The lowest BCUT2D eigenvalue weighted by Crippen LogP contribution is -2.12. The minimum atomic E-state index is -0.694. The second-order valence-electron chi connectivity index (χ2n) is 5.82. The van der Waals surface area contributed by atoms with Crippen LogP contribution in [0.1, 0.15) is 29.8 Å². The summed E-state index contributed by atoms with van der Waals surface area (Å²) in [6.45, 7) is 3.07. The Balaban J connectivity index is 1.92. The molecule has 0 aliphatic carbocycles. The molecule has 0 fully saturated rings. The maximum atomic E-state index is 12.4. The zero-order valence-electron chi connectivity index (χ0n) is 16.5. The first kappa shape index (κ1) is 22.4. The molecule has 0 saturated heterocycles. The van der Waals surface area contributed by atoms with Crippen LogP contribution in [-0.4, -0.2) is 30.5 Å². The Kier molecular flexibility index (Phi) is 8.31. The smallest absolute Gasteiger partial charge is 0.347 e. The van der Waals surface area contributed by atoms with Crippen molar-refractivity contribution < 1.29 is 38.1 Å². The number of hydrogen-bond acceptors (Lipinski definition) is 8. The predicted molar refractivity (Wildman–Crippen MR) is 105 cm³/mol. The van der Waals surface area contributed by atoms with Crippen LogP contribution in [0.2, 0.25) is 0 Å². The Bertz CT molecular complexity index is 944. The van der Waals surface area contributed by atoms with Crippen molar-refractivity contribution >= 4 is 23.9 Å². The SMILES string of the molecule is CCOC(=O)/C=C/C(=O)OCc1ccc(OC(=O)c2ccccc2OC(C)=O)cc1. The molecule has 156 valence electrons. The molecule has 0 spiro atoms. The predicted octanol–water partition coefficient (Wildman–Crippen LogP) is 2.99. The van der Waals surface area contributed by atoms with E-state index in [1.165, 1.54) is 31.2 Å². The minimum Gasteiger partial charge on any atom is -0.463 e. The molecule has 0 N–H and O–H groups in total. The summed E-state index contributed by atoms with van der Waals surface area (Å²) in [5.74, 6) is -2.19. The van der Waals surface area contributed by atoms with Crippen LogP contribution in [0, 0.1) is 0 Å². The summed E-state index contributed by atoms with van der Waals surface area (Å²) in [5, 5.41) is 0. The summed E-state index contributed by atoms with van der Waals surface area (Å²) in [5.41, 5.74) is 0.757. The summed E-state index contributed by atoms with van der Waals surface area (Å²) in [4.78, 5) is 46.2. The summed E-state index contributed by atoms with van der Waals surface area (Å²) < 4.78 is 20.0. The van der Waals surface area contributed by atoms with Crippen LogP contribution in [0.4, 0.5) is 0 Å². The van der Waals surface area contributed by atoms with Gasteiger partial charge in [-0.05, 0) is 36.8 Å².